The van der Waals surface area contributed by atoms with Gasteiger partial charge in [-0.05, 0) is 29.3 Å². The van der Waals surface area contributed by atoms with Crippen molar-refractivity contribution in [1.29, 1.82) is 0 Å². The zero-order chi connectivity index (χ0) is 12.4. The lowest BCUT2D eigenvalue weighted by Gasteiger charge is -2.10. The summed E-state index contributed by atoms with van der Waals surface area (Å²) in [7, 11) is 0. The second-order valence-electron chi connectivity index (χ2n) is 3.58. The van der Waals surface area contributed by atoms with Crippen molar-refractivity contribution < 1.29 is 13.9 Å². The first-order valence-electron chi connectivity index (χ1n) is 4.93. The molecule has 1 unspecified atom stereocenters. The van der Waals surface area contributed by atoms with Crippen LogP contribution in [0.4, 0.5) is 4.39 Å². The average molecular weight is 275 g/mol. The first-order valence-corrected chi connectivity index (χ1v) is 5.69. The van der Waals surface area contributed by atoms with Crippen molar-refractivity contribution in [2.24, 2.45) is 0 Å². The van der Waals surface area contributed by atoms with Crippen molar-refractivity contribution in [2.45, 2.75) is 12.5 Å². The summed E-state index contributed by atoms with van der Waals surface area (Å²) in [5.74, 6) is -0.521. The molecule has 1 N–H and O–H groups in total. The van der Waals surface area contributed by atoms with E-state index in [1.165, 1.54) is 12.3 Å². The topological polar surface area (TPSA) is 33.4 Å². The second kappa shape index (κ2) is 5.08. The number of hydrogen-bond donors (Lipinski definition) is 1. The van der Waals surface area contributed by atoms with Crippen LogP contribution in [0.5, 0.6) is 0 Å². The monoisotopic (exact) mass is 274 g/mol. The van der Waals surface area contributed by atoms with E-state index in [0.717, 1.165) is 0 Å². The van der Waals surface area contributed by atoms with Gasteiger partial charge in [0.1, 0.15) is 5.82 Å². The number of rotatable bonds is 3. The Morgan fingerprint density at radius 2 is 2.06 bits per heavy atom. The van der Waals surface area contributed by atoms with E-state index in [1.807, 2.05) is 0 Å². The third kappa shape index (κ3) is 2.63. The molecular formula is C12H9Cl2FO2. The SMILES string of the molecule is OC(Cc1cccc(Cl)c1F)c1ccoc1Cl. The molecule has 0 amide bonds. The summed E-state index contributed by atoms with van der Waals surface area (Å²) >= 11 is 11.4. The van der Waals surface area contributed by atoms with E-state index in [0.29, 0.717) is 11.1 Å². The summed E-state index contributed by atoms with van der Waals surface area (Å²) in [6.07, 6.45) is 0.537. The number of hydrogen-bond acceptors (Lipinski definition) is 2. The Morgan fingerprint density at radius 1 is 1.29 bits per heavy atom. The molecule has 1 aromatic carbocycles. The molecule has 0 radical (unpaired) electrons. The van der Waals surface area contributed by atoms with Gasteiger partial charge in [-0.15, -0.1) is 0 Å². The molecule has 90 valence electrons. The first-order chi connectivity index (χ1) is 8.09. The zero-order valence-corrected chi connectivity index (χ0v) is 10.2. The largest absolute Gasteiger partial charge is 0.453 e. The fraction of sp³-hybridized carbons (Fsp3) is 0.167. The molecule has 0 saturated heterocycles. The van der Waals surface area contributed by atoms with Gasteiger partial charge < -0.3 is 9.52 Å². The van der Waals surface area contributed by atoms with Crippen molar-refractivity contribution >= 4 is 23.2 Å². The molecule has 1 atom stereocenters. The summed E-state index contributed by atoms with van der Waals surface area (Å²) in [6, 6.07) is 6.20. The Bertz CT molecular complexity index is 525. The Balaban J connectivity index is 2.22. The van der Waals surface area contributed by atoms with E-state index in [-0.39, 0.29) is 16.7 Å². The van der Waals surface area contributed by atoms with E-state index in [4.69, 9.17) is 27.6 Å². The summed E-state index contributed by atoms with van der Waals surface area (Å²) in [5.41, 5.74) is 0.772. The van der Waals surface area contributed by atoms with Crippen LogP contribution >= 0.6 is 23.2 Å². The van der Waals surface area contributed by atoms with Crippen LogP contribution in [-0.2, 0) is 6.42 Å². The van der Waals surface area contributed by atoms with E-state index in [2.05, 4.69) is 0 Å². The number of halogens is 3. The standard InChI is InChI=1S/C12H9Cl2FO2/c13-9-3-1-2-7(11(9)15)6-10(16)8-4-5-17-12(8)14/h1-5,10,16H,6H2. The minimum absolute atomic E-state index is 0.0352. The lowest BCUT2D eigenvalue weighted by Crippen LogP contribution is -2.03. The zero-order valence-electron chi connectivity index (χ0n) is 8.66. The maximum atomic E-state index is 13.6. The Morgan fingerprint density at radius 3 is 2.71 bits per heavy atom. The summed E-state index contributed by atoms with van der Waals surface area (Å²) in [6.45, 7) is 0. The lowest BCUT2D eigenvalue weighted by atomic mass is 10.0. The quantitative estimate of drug-likeness (QED) is 0.918. The van der Waals surface area contributed by atoms with Gasteiger partial charge in [-0.25, -0.2) is 4.39 Å². The first kappa shape index (κ1) is 12.4. The Hall–Kier alpha value is -1.03. The lowest BCUT2D eigenvalue weighted by molar-refractivity contribution is 0.176. The molecule has 0 spiro atoms. The molecule has 0 saturated carbocycles. The van der Waals surface area contributed by atoms with Crippen LogP contribution in [-0.4, -0.2) is 5.11 Å². The molecule has 2 aromatic rings. The van der Waals surface area contributed by atoms with Gasteiger partial charge in [-0.2, -0.15) is 0 Å². The van der Waals surface area contributed by atoms with Crippen LogP contribution in [0, 0.1) is 5.82 Å². The third-order valence-electron chi connectivity index (χ3n) is 2.45. The molecule has 0 bridgehead atoms. The maximum absolute atomic E-state index is 13.6. The van der Waals surface area contributed by atoms with E-state index in [9.17, 15) is 9.50 Å². The molecule has 0 fully saturated rings. The van der Waals surface area contributed by atoms with Crippen LogP contribution in [0.15, 0.2) is 34.9 Å². The average Bonchev–Trinajstić information content (AvgIpc) is 2.71. The van der Waals surface area contributed by atoms with Gasteiger partial charge in [0.15, 0.2) is 5.22 Å². The highest BCUT2D eigenvalue weighted by molar-refractivity contribution is 6.30. The van der Waals surface area contributed by atoms with Gasteiger partial charge in [0.25, 0.3) is 0 Å². The van der Waals surface area contributed by atoms with Gasteiger partial charge in [0.2, 0.25) is 0 Å². The molecule has 0 aliphatic carbocycles. The van der Waals surface area contributed by atoms with Crippen LogP contribution < -0.4 is 0 Å². The fourth-order valence-electron chi connectivity index (χ4n) is 1.57. The number of aliphatic hydroxyl groups excluding tert-OH is 1. The summed E-state index contributed by atoms with van der Waals surface area (Å²) in [4.78, 5) is 0. The molecule has 1 aromatic heterocycles. The van der Waals surface area contributed by atoms with Gasteiger partial charge in [-0.3, -0.25) is 0 Å². The Labute approximate surface area is 108 Å². The molecule has 5 heteroatoms. The van der Waals surface area contributed by atoms with Crippen LogP contribution in [0.25, 0.3) is 0 Å². The molecular weight excluding hydrogens is 266 g/mol. The van der Waals surface area contributed by atoms with Crippen LogP contribution in [0.1, 0.15) is 17.2 Å². The van der Waals surface area contributed by atoms with Crippen LogP contribution in [0.2, 0.25) is 10.2 Å². The highest BCUT2D eigenvalue weighted by atomic mass is 35.5. The highest BCUT2D eigenvalue weighted by Crippen LogP contribution is 2.28. The van der Waals surface area contributed by atoms with Crippen molar-refractivity contribution in [2.75, 3.05) is 0 Å². The molecule has 0 aliphatic rings. The fourth-order valence-corrected chi connectivity index (χ4v) is 2.00. The third-order valence-corrected chi connectivity index (χ3v) is 3.05. The van der Waals surface area contributed by atoms with Crippen LogP contribution in [0.3, 0.4) is 0 Å². The van der Waals surface area contributed by atoms with Gasteiger partial charge in [0, 0.05) is 12.0 Å². The van der Waals surface area contributed by atoms with Crippen molar-refractivity contribution in [3.63, 3.8) is 0 Å². The highest BCUT2D eigenvalue weighted by Gasteiger charge is 2.17. The number of benzene rings is 1. The Kier molecular flexibility index (Phi) is 3.72. The number of aliphatic hydroxyl groups is 1. The van der Waals surface area contributed by atoms with Crippen molar-refractivity contribution in [3.05, 3.63) is 57.7 Å². The van der Waals surface area contributed by atoms with E-state index in [1.54, 1.807) is 18.2 Å². The normalized spacial score (nSPS) is 12.7. The summed E-state index contributed by atoms with van der Waals surface area (Å²) in [5, 5.41) is 10.1. The smallest absolute Gasteiger partial charge is 0.198 e. The minimum Gasteiger partial charge on any atom is -0.453 e. The second-order valence-corrected chi connectivity index (χ2v) is 4.33. The van der Waals surface area contributed by atoms with E-state index < -0.39 is 11.9 Å². The summed E-state index contributed by atoms with van der Waals surface area (Å²) < 4.78 is 18.5. The molecule has 0 aliphatic heterocycles. The molecule has 17 heavy (non-hydrogen) atoms. The predicted octanol–water partition coefficient (Wildman–Crippen LogP) is 4.00. The molecule has 1 heterocycles. The van der Waals surface area contributed by atoms with E-state index >= 15 is 0 Å². The molecule has 2 rings (SSSR count). The van der Waals surface area contributed by atoms with Crippen molar-refractivity contribution in [1.82, 2.24) is 0 Å². The van der Waals surface area contributed by atoms with Gasteiger partial charge in [-0.1, -0.05) is 23.7 Å². The molecule has 2 nitrogen and oxygen atoms in total. The van der Waals surface area contributed by atoms with Crippen molar-refractivity contribution in [3.8, 4) is 0 Å². The number of furan rings is 1. The maximum Gasteiger partial charge on any atom is 0.198 e. The minimum atomic E-state index is -0.922. The predicted molar refractivity (Wildman–Crippen MR) is 63.8 cm³/mol. The van der Waals surface area contributed by atoms with Gasteiger partial charge in [0.05, 0.1) is 17.4 Å². The van der Waals surface area contributed by atoms with Gasteiger partial charge >= 0.3 is 0 Å².